The van der Waals surface area contributed by atoms with E-state index >= 15 is 0 Å². The lowest BCUT2D eigenvalue weighted by Crippen LogP contribution is -2.21. The van der Waals surface area contributed by atoms with Gasteiger partial charge in [-0.05, 0) is 31.5 Å². The minimum atomic E-state index is -4.57. The third kappa shape index (κ3) is 4.97. The number of nitrogens with one attached hydrogen (secondary N) is 1. The smallest absolute Gasteiger partial charge is 0.416 e. The van der Waals surface area contributed by atoms with Gasteiger partial charge in [-0.1, -0.05) is 0 Å². The van der Waals surface area contributed by atoms with E-state index in [2.05, 4.69) is 5.32 Å². The molecule has 0 radical (unpaired) electrons. The Balaban J connectivity index is 2.97. The number of carboxylic acid groups (broad SMARTS) is 1. The molecule has 21 heavy (non-hydrogen) atoms. The number of aliphatic carboxylic acids is 1. The highest BCUT2D eigenvalue weighted by Crippen LogP contribution is 2.32. The van der Waals surface area contributed by atoms with Gasteiger partial charge in [-0.2, -0.15) is 13.2 Å². The number of anilines is 1. The molecule has 0 saturated heterocycles. The Morgan fingerprint density at radius 1 is 1.38 bits per heavy atom. The first-order valence-electron chi connectivity index (χ1n) is 6.10. The molecular formula is C13H15F3N2O3. The molecule has 5 nitrogen and oxygen atoms in total. The maximum Gasteiger partial charge on any atom is 0.416 e. The number of carbonyl (C=O) groups is 2. The monoisotopic (exact) mass is 304 g/mol. The Bertz CT molecular complexity index is 544. The van der Waals surface area contributed by atoms with Crippen LogP contribution in [0.4, 0.5) is 18.9 Å². The van der Waals surface area contributed by atoms with Gasteiger partial charge in [0.05, 0.1) is 11.1 Å². The van der Waals surface area contributed by atoms with Crippen molar-refractivity contribution >= 4 is 17.6 Å². The first-order valence-corrected chi connectivity index (χ1v) is 6.10. The van der Waals surface area contributed by atoms with E-state index in [4.69, 9.17) is 10.8 Å². The molecular weight excluding hydrogens is 289 g/mol. The molecule has 0 fully saturated rings. The van der Waals surface area contributed by atoms with Gasteiger partial charge in [-0.25, -0.2) is 0 Å². The summed E-state index contributed by atoms with van der Waals surface area (Å²) in [7, 11) is 0. The molecule has 0 aliphatic carbocycles. The summed E-state index contributed by atoms with van der Waals surface area (Å²) in [4.78, 5) is 21.7. The van der Waals surface area contributed by atoms with Crippen LogP contribution in [0.3, 0.4) is 0 Å². The normalized spacial score (nSPS) is 12.8. The number of carbonyl (C=O) groups excluding carboxylic acids is 1. The Labute approximate surface area is 118 Å². The molecule has 1 aromatic carbocycles. The molecule has 1 unspecified atom stereocenters. The van der Waals surface area contributed by atoms with Crippen LogP contribution in [-0.2, 0) is 11.0 Å². The van der Waals surface area contributed by atoms with Crippen LogP contribution in [0.1, 0.15) is 35.7 Å². The second-order valence-electron chi connectivity index (χ2n) is 4.60. The molecule has 1 rings (SSSR count). The lowest BCUT2D eigenvalue weighted by Gasteiger charge is -2.18. The van der Waals surface area contributed by atoms with E-state index < -0.39 is 23.6 Å². The van der Waals surface area contributed by atoms with Crippen LogP contribution in [0.2, 0.25) is 0 Å². The van der Waals surface area contributed by atoms with Crippen LogP contribution in [0.25, 0.3) is 0 Å². The molecule has 0 aliphatic rings. The van der Waals surface area contributed by atoms with E-state index in [9.17, 15) is 22.8 Å². The molecule has 0 bridgehead atoms. The highest BCUT2D eigenvalue weighted by atomic mass is 19.4. The van der Waals surface area contributed by atoms with Crippen LogP contribution in [-0.4, -0.2) is 23.0 Å². The fourth-order valence-electron chi connectivity index (χ4n) is 1.73. The third-order valence-corrected chi connectivity index (χ3v) is 2.81. The summed E-state index contributed by atoms with van der Waals surface area (Å²) >= 11 is 0. The molecule has 1 amide bonds. The molecule has 0 spiro atoms. The van der Waals surface area contributed by atoms with Crippen molar-refractivity contribution in [3.05, 3.63) is 29.3 Å². The zero-order chi connectivity index (χ0) is 16.2. The Hall–Kier alpha value is -2.25. The van der Waals surface area contributed by atoms with Gasteiger partial charge in [-0.15, -0.1) is 0 Å². The molecule has 4 N–H and O–H groups in total. The average molecular weight is 304 g/mol. The maximum absolute atomic E-state index is 12.6. The van der Waals surface area contributed by atoms with Crippen LogP contribution in [0.15, 0.2) is 18.2 Å². The van der Waals surface area contributed by atoms with E-state index in [1.807, 2.05) is 0 Å². The number of primary amides is 1. The number of rotatable bonds is 6. The number of nitrogens with two attached hydrogens (primary N) is 1. The fourth-order valence-corrected chi connectivity index (χ4v) is 1.73. The molecule has 8 heteroatoms. The minimum absolute atomic E-state index is 0.0965. The quantitative estimate of drug-likeness (QED) is 0.752. The zero-order valence-electron chi connectivity index (χ0n) is 11.2. The second kappa shape index (κ2) is 6.47. The Morgan fingerprint density at radius 2 is 2.00 bits per heavy atom. The van der Waals surface area contributed by atoms with Crippen molar-refractivity contribution in [2.24, 2.45) is 5.73 Å². The number of alkyl halides is 3. The maximum atomic E-state index is 12.6. The molecule has 116 valence electrons. The molecule has 0 aromatic heterocycles. The number of amides is 1. The number of carboxylic acids is 1. The predicted octanol–water partition coefficient (Wildman–Crippen LogP) is 2.47. The standard InChI is InChI=1S/C13H15F3N2O3/c1-7(2-5-11(19)20)18-10-4-3-8(13(14,15)16)6-9(10)12(17)21/h3-4,6-7,18H,2,5H2,1H3,(H2,17,21)(H,19,20). The summed E-state index contributed by atoms with van der Waals surface area (Å²) in [6, 6.07) is 2.28. The van der Waals surface area contributed by atoms with Crippen LogP contribution >= 0.6 is 0 Å². The van der Waals surface area contributed by atoms with Gasteiger partial charge < -0.3 is 16.2 Å². The van der Waals surface area contributed by atoms with Gasteiger partial charge in [0, 0.05) is 18.2 Å². The van der Waals surface area contributed by atoms with Gasteiger partial charge in [0.15, 0.2) is 0 Å². The van der Waals surface area contributed by atoms with E-state index in [0.29, 0.717) is 6.07 Å². The minimum Gasteiger partial charge on any atom is -0.481 e. The van der Waals surface area contributed by atoms with Crippen molar-refractivity contribution in [1.29, 1.82) is 0 Å². The van der Waals surface area contributed by atoms with Crippen molar-refractivity contribution < 1.29 is 27.9 Å². The number of hydrogen-bond donors (Lipinski definition) is 3. The van der Waals surface area contributed by atoms with Gasteiger partial charge in [0.25, 0.3) is 5.91 Å². The van der Waals surface area contributed by atoms with Gasteiger partial charge >= 0.3 is 12.1 Å². The van der Waals surface area contributed by atoms with E-state index in [-0.39, 0.29) is 30.1 Å². The van der Waals surface area contributed by atoms with Crippen molar-refractivity contribution in [1.82, 2.24) is 0 Å². The Morgan fingerprint density at radius 3 is 2.48 bits per heavy atom. The summed E-state index contributed by atoms with van der Waals surface area (Å²) < 4.78 is 37.8. The van der Waals surface area contributed by atoms with E-state index in [1.54, 1.807) is 6.92 Å². The number of halogens is 3. The molecule has 0 aliphatic heterocycles. The summed E-state index contributed by atoms with van der Waals surface area (Å²) in [6.07, 6.45) is -4.41. The van der Waals surface area contributed by atoms with Gasteiger partial charge in [-0.3, -0.25) is 9.59 Å². The second-order valence-corrected chi connectivity index (χ2v) is 4.60. The first kappa shape index (κ1) is 16.8. The largest absolute Gasteiger partial charge is 0.481 e. The van der Waals surface area contributed by atoms with Gasteiger partial charge in [0.2, 0.25) is 0 Å². The third-order valence-electron chi connectivity index (χ3n) is 2.81. The number of hydrogen-bond acceptors (Lipinski definition) is 3. The predicted molar refractivity (Wildman–Crippen MR) is 69.9 cm³/mol. The van der Waals surface area contributed by atoms with Crippen LogP contribution < -0.4 is 11.1 Å². The van der Waals surface area contributed by atoms with Crippen LogP contribution in [0.5, 0.6) is 0 Å². The van der Waals surface area contributed by atoms with E-state index in [1.165, 1.54) is 0 Å². The Kier molecular flexibility index (Phi) is 5.17. The van der Waals surface area contributed by atoms with Crippen molar-refractivity contribution in [2.75, 3.05) is 5.32 Å². The molecule has 1 atom stereocenters. The molecule has 0 saturated carbocycles. The highest BCUT2D eigenvalue weighted by molar-refractivity contribution is 5.98. The summed E-state index contributed by atoms with van der Waals surface area (Å²) in [5.74, 6) is -1.97. The van der Waals surface area contributed by atoms with E-state index in [0.717, 1.165) is 12.1 Å². The topological polar surface area (TPSA) is 92.4 Å². The lowest BCUT2D eigenvalue weighted by molar-refractivity contribution is -0.138. The first-order chi connectivity index (χ1) is 9.61. The molecule has 0 heterocycles. The number of benzene rings is 1. The van der Waals surface area contributed by atoms with Crippen molar-refractivity contribution in [3.63, 3.8) is 0 Å². The summed E-state index contributed by atoms with van der Waals surface area (Å²) in [5.41, 5.74) is 3.97. The zero-order valence-corrected chi connectivity index (χ0v) is 11.2. The van der Waals surface area contributed by atoms with Crippen molar-refractivity contribution in [2.45, 2.75) is 32.0 Å². The average Bonchev–Trinajstić information content (AvgIpc) is 2.35. The summed E-state index contributed by atoms with van der Waals surface area (Å²) in [6.45, 7) is 1.66. The van der Waals surface area contributed by atoms with Gasteiger partial charge in [0.1, 0.15) is 0 Å². The van der Waals surface area contributed by atoms with Crippen molar-refractivity contribution in [3.8, 4) is 0 Å². The molecule has 1 aromatic rings. The summed E-state index contributed by atoms with van der Waals surface area (Å²) in [5, 5.41) is 11.4. The van der Waals surface area contributed by atoms with Crippen LogP contribution in [0, 0.1) is 0 Å². The SMILES string of the molecule is CC(CCC(=O)O)Nc1ccc(C(F)(F)F)cc1C(N)=O. The fraction of sp³-hybridized carbons (Fsp3) is 0.385. The highest BCUT2D eigenvalue weighted by Gasteiger charge is 2.31. The lowest BCUT2D eigenvalue weighted by atomic mass is 10.1.